The summed E-state index contributed by atoms with van der Waals surface area (Å²) in [5, 5.41) is 4.29. The lowest BCUT2D eigenvalue weighted by Crippen LogP contribution is -2.01. The van der Waals surface area contributed by atoms with Crippen molar-refractivity contribution in [3.8, 4) is 11.4 Å². The SMILES string of the molecule is CCn1cc(Cn2ccnc2-c2cccc(N)c2)cn1. The first-order chi connectivity index (χ1) is 9.76. The molecular weight excluding hydrogens is 250 g/mol. The second-order valence-electron chi connectivity index (χ2n) is 4.71. The predicted molar refractivity (Wildman–Crippen MR) is 79.1 cm³/mol. The van der Waals surface area contributed by atoms with Crippen molar-refractivity contribution in [1.82, 2.24) is 19.3 Å². The number of aryl methyl sites for hydroxylation is 1. The zero-order valence-corrected chi connectivity index (χ0v) is 11.4. The van der Waals surface area contributed by atoms with Crippen molar-refractivity contribution < 1.29 is 0 Å². The first-order valence-corrected chi connectivity index (χ1v) is 6.64. The van der Waals surface area contributed by atoms with E-state index >= 15 is 0 Å². The molecule has 0 saturated heterocycles. The molecule has 2 aromatic heterocycles. The van der Waals surface area contributed by atoms with E-state index in [9.17, 15) is 0 Å². The molecule has 0 radical (unpaired) electrons. The molecule has 0 aliphatic rings. The molecule has 0 saturated carbocycles. The molecule has 0 bridgehead atoms. The Morgan fingerprint density at radius 3 is 2.95 bits per heavy atom. The van der Waals surface area contributed by atoms with E-state index in [-0.39, 0.29) is 0 Å². The van der Waals surface area contributed by atoms with Crippen LogP contribution in [0, 0.1) is 0 Å². The summed E-state index contributed by atoms with van der Waals surface area (Å²) in [5.41, 5.74) is 8.77. The van der Waals surface area contributed by atoms with Gasteiger partial charge in [-0.25, -0.2) is 4.98 Å². The van der Waals surface area contributed by atoms with Crippen molar-refractivity contribution in [3.63, 3.8) is 0 Å². The summed E-state index contributed by atoms with van der Waals surface area (Å²) < 4.78 is 4.03. The summed E-state index contributed by atoms with van der Waals surface area (Å²) in [4.78, 5) is 4.43. The molecular formula is C15H17N5. The van der Waals surface area contributed by atoms with Gasteiger partial charge < -0.3 is 10.3 Å². The molecule has 3 aromatic rings. The van der Waals surface area contributed by atoms with Crippen LogP contribution < -0.4 is 5.73 Å². The van der Waals surface area contributed by atoms with Gasteiger partial charge in [0.25, 0.3) is 0 Å². The van der Waals surface area contributed by atoms with E-state index in [1.165, 1.54) is 0 Å². The topological polar surface area (TPSA) is 61.7 Å². The maximum Gasteiger partial charge on any atom is 0.140 e. The number of imidazole rings is 1. The molecule has 3 rings (SSSR count). The quantitative estimate of drug-likeness (QED) is 0.738. The molecule has 2 N–H and O–H groups in total. The Labute approximate surface area is 117 Å². The number of rotatable bonds is 4. The fraction of sp³-hybridized carbons (Fsp3) is 0.200. The third-order valence-electron chi connectivity index (χ3n) is 3.22. The number of nitrogens with two attached hydrogens (primary N) is 1. The van der Waals surface area contributed by atoms with Gasteiger partial charge in [-0.3, -0.25) is 4.68 Å². The Bertz CT molecular complexity index is 710. The Morgan fingerprint density at radius 1 is 1.30 bits per heavy atom. The van der Waals surface area contributed by atoms with Crippen molar-refractivity contribution in [2.45, 2.75) is 20.0 Å². The summed E-state index contributed by atoms with van der Waals surface area (Å²) in [6.07, 6.45) is 7.74. The third kappa shape index (κ3) is 2.42. The molecule has 0 atom stereocenters. The molecule has 0 fully saturated rings. The molecule has 20 heavy (non-hydrogen) atoms. The lowest BCUT2D eigenvalue weighted by atomic mass is 10.2. The van der Waals surface area contributed by atoms with Crippen LogP contribution in [0.2, 0.25) is 0 Å². The van der Waals surface area contributed by atoms with Crippen molar-refractivity contribution in [2.24, 2.45) is 0 Å². The van der Waals surface area contributed by atoms with Gasteiger partial charge in [0.1, 0.15) is 5.82 Å². The number of nitrogen functional groups attached to an aromatic ring is 1. The van der Waals surface area contributed by atoms with Crippen molar-refractivity contribution in [2.75, 3.05) is 5.73 Å². The number of anilines is 1. The molecule has 1 aromatic carbocycles. The van der Waals surface area contributed by atoms with Crippen LogP contribution in [0.25, 0.3) is 11.4 Å². The molecule has 5 heteroatoms. The summed E-state index contributed by atoms with van der Waals surface area (Å²) in [7, 11) is 0. The number of benzene rings is 1. The molecule has 0 spiro atoms. The van der Waals surface area contributed by atoms with Crippen LogP contribution in [0.4, 0.5) is 5.69 Å². The van der Waals surface area contributed by atoms with E-state index in [4.69, 9.17) is 5.73 Å². The standard InChI is InChI=1S/C15H17N5/c1-2-20-11-12(9-18-20)10-19-7-6-17-15(19)13-4-3-5-14(16)8-13/h3-9,11H,2,10,16H2,1H3. The molecule has 5 nitrogen and oxygen atoms in total. The summed E-state index contributed by atoms with van der Waals surface area (Å²) in [6.45, 7) is 3.71. The molecule has 2 heterocycles. The van der Waals surface area contributed by atoms with E-state index < -0.39 is 0 Å². The van der Waals surface area contributed by atoms with Gasteiger partial charge in [0.15, 0.2) is 0 Å². The summed E-state index contributed by atoms with van der Waals surface area (Å²) in [5.74, 6) is 0.918. The van der Waals surface area contributed by atoms with E-state index in [0.29, 0.717) is 0 Å². The number of nitrogens with zero attached hydrogens (tertiary/aromatic N) is 4. The zero-order valence-electron chi connectivity index (χ0n) is 11.4. The predicted octanol–water partition coefficient (Wildman–Crippen LogP) is 2.40. The van der Waals surface area contributed by atoms with Crippen LogP contribution in [0.5, 0.6) is 0 Å². The Balaban J connectivity index is 1.90. The van der Waals surface area contributed by atoms with Gasteiger partial charge in [0.2, 0.25) is 0 Å². The minimum Gasteiger partial charge on any atom is -0.399 e. The minimum absolute atomic E-state index is 0.746. The molecule has 102 valence electrons. The highest BCUT2D eigenvalue weighted by Crippen LogP contribution is 2.20. The first-order valence-electron chi connectivity index (χ1n) is 6.64. The molecule has 0 aliphatic carbocycles. The number of hydrogen-bond acceptors (Lipinski definition) is 3. The number of aromatic nitrogens is 4. The highest BCUT2D eigenvalue weighted by Gasteiger charge is 2.07. The smallest absolute Gasteiger partial charge is 0.140 e. The fourth-order valence-electron chi connectivity index (χ4n) is 2.23. The van der Waals surface area contributed by atoms with Gasteiger partial charge in [-0.05, 0) is 19.1 Å². The highest BCUT2D eigenvalue weighted by atomic mass is 15.3. The van der Waals surface area contributed by atoms with Crippen LogP contribution in [-0.2, 0) is 13.1 Å². The van der Waals surface area contributed by atoms with Crippen LogP contribution in [0.3, 0.4) is 0 Å². The van der Waals surface area contributed by atoms with Gasteiger partial charge in [-0.2, -0.15) is 5.10 Å². The van der Waals surface area contributed by atoms with Crippen molar-refractivity contribution >= 4 is 5.69 Å². The largest absolute Gasteiger partial charge is 0.399 e. The number of hydrogen-bond donors (Lipinski definition) is 1. The van der Waals surface area contributed by atoms with Crippen molar-refractivity contribution in [3.05, 3.63) is 54.6 Å². The Kier molecular flexibility index (Phi) is 3.25. The van der Waals surface area contributed by atoms with E-state index in [0.717, 1.165) is 35.7 Å². The second kappa shape index (κ2) is 5.21. The maximum absolute atomic E-state index is 5.84. The van der Waals surface area contributed by atoms with Gasteiger partial charge >= 0.3 is 0 Å². The third-order valence-corrected chi connectivity index (χ3v) is 3.22. The summed E-state index contributed by atoms with van der Waals surface area (Å²) >= 11 is 0. The summed E-state index contributed by atoms with van der Waals surface area (Å²) in [6, 6.07) is 7.78. The molecule has 0 unspecified atom stereocenters. The highest BCUT2D eigenvalue weighted by molar-refractivity contribution is 5.61. The van der Waals surface area contributed by atoms with Crippen LogP contribution in [0.15, 0.2) is 49.1 Å². The lowest BCUT2D eigenvalue weighted by molar-refractivity contribution is 0.658. The fourth-order valence-corrected chi connectivity index (χ4v) is 2.23. The Morgan fingerprint density at radius 2 is 2.20 bits per heavy atom. The van der Waals surface area contributed by atoms with E-state index in [2.05, 4.69) is 27.8 Å². The van der Waals surface area contributed by atoms with E-state index in [1.54, 1.807) is 0 Å². The normalized spacial score (nSPS) is 10.8. The average molecular weight is 267 g/mol. The zero-order chi connectivity index (χ0) is 13.9. The minimum atomic E-state index is 0.746. The van der Waals surface area contributed by atoms with Gasteiger partial charge in [-0.1, -0.05) is 12.1 Å². The maximum atomic E-state index is 5.84. The molecule has 0 amide bonds. The van der Waals surface area contributed by atoms with E-state index in [1.807, 2.05) is 47.5 Å². The van der Waals surface area contributed by atoms with Gasteiger partial charge in [0, 0.05) is 41.9 Å². The lowest BCUT2D eigenvalue weighted by Gasteiger charge is -2.07. The van der Waals surface area contributed by atoms with Gasteiger partial charge in [-0.15, -0.1) is 0 Å². The monoisotopic (exact) mass is 267 g/mol. The van der Waals surface area contributed by atoms with Crippen molar-refractivity contribution in [1.29, 1.82) is 0 Å². The van der Waals surface area contributed by atoms with Crippen LogP contribution in [0.1, 0.15) is 12.5 Å². The first kappa shape index (κ1) is 12.5. The van der Waals surface area contributed by atoms with Gasteiger partial charge in [0.05, 0.1) is 12.7 Å². The van der Waals surface area contributed by atoms with Crippen LogP contribution >= 0.6 is 0 Å². The Hall–Kier alpha value is -2.56. The average Bonchev–Trinajstić information content (AvgIpc) is 3.08. The second-order valence-corrected chi connectivity index (χ2v) is 4.71. The van der Waals surface area contributed by atoms with Crippen LogP contribution in [-0.4, -0.2) is 19.3 Å². The molecule has 0 aliphatic heterocycles.